The van der Waals surface area contributed by atoms with Gasteiger partial charge >= 0.3 is 0 Å². The van der Waals surface area contributed by atoms with Gasteiger partial charge in [-0.15, -0.1) is 10.2 Å². The van der Waals surface area contributed by atoms with E-state index in [1.54, 1.807) is 0 Å². The average molecular weight is 241 g/mol. The molecule has 1 aromatic rings. The number of hydrogen-bond donors (Lipinski definition) is 1. The van der Waals surface area contributed by atoms with Crippen molar-refractivity contribution in [3.63, 3.8) is 0 Å². The van der Waals surface area contributed by atoms with E-state index in [-0.39, 0.29) is 0 Å². The molecule has 0 spiro atoms. The summed E-state index contributed by atoms with van der Waals surface area (Å²) in [6.07, 6.45) is 2.72. The van der Waals surface area contributed by atoms with Crippen LogP contribution in [0.15, 0.2) is 0 Å². The van der Waals surface area contributed by atoms with Crippen molar-refractivity contribution in [3.05, 3.63) is 5.01 Å². The largest absolute Gasteiger partial charge is 0.374 e. The highest BCUT2D eigenvalue weighted by Crippen LogP contribution is 2.13. The van der Waals surface area contributed by atoms with Crippen LogP contribution in [0.2, 0.25) is 0 Å². The second kappa shape index (κ2) is 5.56. The summed E-state index contributed by atoms with van der Waals surface area (Å²) in [6, 6.07) is 0. The molecule has 2 rings (SSSR count). The van der Waals surface area contributed by atoms with Crippen LogP contribution in [-0.4, -0.2) is 53.2 Å². The topological polar surface area (TPSA) is 58.3 Å². The minimum Gasteiger partial charge on any atom is -0.374 e. The smallest absolute Gasteiger partial charge is 0.203 e. The van der Waals surface area contributed by atoms with Crippen LogP contribution in [0, 0.1) is 0 Å². The molecule has 0 radical (unpaired) electrons. The van der Waals surface area contributed by atoms with Gasteiger partial charge < -0.3 is 10.6 Å². The number of aromatic nitrogens is 2. The summed E-state index contributed by atoms with van der Waals surface area (Å²) in [6.45, 7) is 5.62. The first-order valence-electron chi connectivity index (χ1n) is 5.73. The zero-order valence-electron chi connectivity index (χ0n) is 9.72. The Morgan fingerprint density at radius 3 is 2.75 bits per heavy atom. The second-order valence-electron chi connectivity index (χ2n) is 4.32. The summed E-state index contributed by atoms with van der Waals surface area (Å²) in [5.41, 5.74) is 5.55. The number of anilines is 1. The van der Waals surface area contributed by atoms with Gasteiger partial charge in [-0.1, -0.05) is 11.3 Å². The number of rotatable bonds is 5. The number of nitrogen functional groups attached to an aromatic ring is 1. The summed E-state index contributed by atoms with van der Waals surface area (Å²) in [7, 11) is 2.12. The number of nitrogens with two attached hydrogens (primary N) is 1. The molecule has 0 aliphatic carbocycles. The van der Waals surface area contributed by atoms with E-state index in [1.807, 2.05) is 0 Å². The molecular weight excluding hydrogens is 222 g/mol. The third kappa shape index (κ3) is 3.40. The fourth-order valence-electron chi connectivity index (χ4n) is 1.96. The van der Waals surface area contributed by atoms with Crippen LogP contribution < -0.4 is 5.73 Å². The molecule has 6 heteroatoms. The lowest BCUT2D eigenvalue weighted by Gasteiger charge is -2.20. The van der Waals surface area contributed by atoms with E-state index in [0.717, 1.165) is 24.6 Å². The molecule has 1 aliphatic rings. The Hall–Kier alpha value is -0.720. The quantitative estimate of drug-likeness (QED) is 0.820. The van der Waals surface area contributed by atoms with Gasteiger partial charge in [0.1, 0.15) is 5.01 Å². The first kappa shape index (κ1) is 11.8. The Bertz CT molecular complexity index is 321. The van der Waals surface area contributed by atoms with E-state index in [4.69, 9.17) is 5.73 Å². The zero-order valence-corrected chi connectivity index (χ0v) is 10.5. The summed E-state index contributed by atoms with van der Waals surface area (Å²) in [5.74, 6) is 0. The summed E-state index contributed by atoms with van der Waals surface area (Å²) < 4.78 is 0. The van der Waals surface area contributed by atoms with Gasteiger partial charge in [0.15, 0.2) is 0 Å². The van der Waals surface area contributed by atoms with Crippen molar-refractivity contribution in [3.8, 4) is 0 Å². The molecule has 16 heavy (non-hydrogen) atoms. The van der Waals surface area contributed by atoms with Crippen molar-refractivity contribution in [1.82, 2.24) is 20.0 Å². The Morgan fingerprint density at radius 1 is 1.38 bits per heavy atom. The second-order valence-corrected chi connectivity index (χ2v) is 5.41. The maximum absolute atomic E-state index is 5.55. The van der Waals surface area contributed by atoms with Gasteiger partial charge in [-0.3, -0.25) is 4.90 Å². The van der Waals surface area contributed by atoms with E-state index in [9.17, 15) is 0 Å². The lowest BCUT2D eigenvalue weighted by molar-refractivity contribution is 0.252. The lowest BCUT2D eigenvalue weighted by atomic mass is 10.4. The van der Waals surface area contributed by atoms with E-state index >= 15 is 0 Å². The Morgan fingerprint density at radius 2 is 2.12 bits per heavy atom. The van der Waals surface area contributed by atoms with Crippen LogP contribution in [-0.2, 0) is 6.54 Å². The van der Waals surface area contributed by atoms with Crippen molar-refractivity contribution in [1.29, 1.82) is 0 Å². The van der Waals surface area contributed by atoms with Gasteiger partial charge in [0.2, 0.25) is 5.13 Å². The third-order valence-corrected chi connectivity index (χ3v) is 3.62. The fourth-order valence-corrected chi connectivity index (χ4v) is 2.65. The predicted molar refractivity (Wildman–Crippen MR) is 66.3 cm³/mol. The zero-order chi connectivity index (χ0) is 11.4. The predicted octanol–water partition coefficient (Wildman–Crippen LogP) is 0.648. The SMILES string of the molecule is CN(CCN1CCCC1)Cc1nnc(N)s1. The van der Waals surface area contributed by atoms with Crippen molar-refractivity contribution in [2.45, 2.75) is 19.4 Å². The normalized spacial score (nSPS) is 17.4. The molecule has 0 amide bonds. The molecule has 90 valence electrons. The number of nitrogens with zero attached hydrogens (tertiary/aromatic N) is 4. The fraction of sp³-hybridized carbons (Fsp3) is 0.800. The minimum absolute atomic E-state index is 0.558. The molecule has 0 atom stereocenters. The molecule has 0 saturated carbocycles. The summed E-state index contributed by atoms with van der Waals surface area (Å²) in [4.78, 5) is 4.79. The highest BCUT2D eigenvalue weighted by atomic mass is 32.1. The van der Waals surface area contributed by atoms with Gasteiger partial charge in [-0.25, -0.2) is 0 Å². The first-order chi connectivity index (χ1) is 7.74. The van der Waals surface area contributed by atoms with Gasteiger partial charge in [0, 0.05) is 13.1 Å². The van der Waals surface area contributed by atoms with Crippen molar-refractivity contribution < 1.29 is 0 Å². The average Bonchev–Trinajstić information content (AvgIpc) is 2.87. The van der Waals surface area contributed by atoms with E-state index in [2.05, 4.69) is 27.0 Å². The van der Waals surface area contributed by atoms with Crippen LogP contribution in [0.25, 0.3) is 0 Å². The Kier molecular flexibility index (Phi) is 4.09. The van der Waals surface area contributed by atoms with Crippen LogP contribution >= 0.6 is 11.3 Å². The summed E-state index contributed by atoms with van der Waals surface area (Å²) in [5, 5.41) is 9.40. The molecule has 2 N–H and O–H groups in total. The molecule has 5 nitrogen and oxygen atoms in total. The van der Waals surface area contributed by atoms with E-state index in [1.165, 1.54) is 37.3 Å². The van der Waals surface area contributed by atoms with Crippen LogP contribution in [0.3, 0.4) is 0 Å². The maximum atomic E-state index is 5.55. The Labute approximate surface area is 100 Å². The molecule has 0 unspecified atom stereocenters. The standard InChI is InChI=1S/C10H19N5S/c1-14(6-7-15-4-2-3-5-15)8-9-12-13-10(11)16-9/h2-8H2,1H3,(H2,11,13). The number of likely N-dealkylation sites (N-methyl/N-ethyl adjacent to an activating group) is 1. The van der Waals surface area contributed by atoms with E-state index in [0.29, 0.717) is 5.13 Å². The maximum Gasteiger partial charge on any atom is 0.203 e. The van der Waals surface area contributed by atoms with Crippen molar-refractivity contribution >= 4 is 16.5 Å². The van der Waals surface area contributed by atoms with Crippen LogP contribution in [0.4, 0.5) is 5.13 Å². The Balaban J connectivity index is 1.69. The van der Waals surface area contributed by atoms with Crippen molar-refractivity contribution in [2.75, 3.05) is 39.0 Å². The third-order valence-electron chi connectivity index (χ3n) is 2.88. The van der Waals surface area contributed by atoms with Gasteiger partial charge in [0.25, 0.3) is 0 Å². The van der Waals surface area contributed by atoms with E-state index < -0.39 is 0 Å². The van der Waals surface area contributed by atoms with Crippen molar-refractivity contribution in [2.24, 2.45) is 0 Å². The van der Waals surface area contributed by atoms with Gasteiger partial charge in [-0.2, -0.15) is 0 Å². The molecule has 1 fully saturated rings. The van der Waals surface area contributed by atoms with Crippen LogP contribution in [0.1, 0.15) is 17.8 Å². The molecule has 1 saturated heterocycles. The van der Waals surface area contributed by atoms with Crippen LogP contribution in [0.5, 0.6) is 0 Å². The highest BCUT2D eigenvalue weighted by molar-refractivity contribution is 7.15. The molecule has 1 aliphatic heterocycles. The van der Waals surface area contributed by atoms with Gasteiger partial charge in [0.05, 0.1) is 6.54 Å². The molecule has 0 bridgehead atoms. The molecule has 1 aromatic heterocycles. The molecule has 2 heterocycles. The first-order valence-corrected chi connectivity index (χ1v) is 6.54. The lowest BCUT2D eigenvalue weighted by Crippen LogP contribution is -2.31. The molecular formula is C10H19N5S. The molecule has 0 aromatic carbocycles. The minimum atomic E-state index is 0.558. The highest BCUT2D eigenvalue weighted by Gasteiger charge is 2.12. The van der Waals surface area contributed by atoms with Gasteiger partial charge in [-0.05, 0) is 33.0 Å². The number of hydrogen-bond acceptors (Lipinski definition) is 6. The number of likely N-dealkylation sites (tertiary alicyclic amines) is 1. The summed E-state index contributed by atoms with van der Waals surface area (Å²) >= 11 is 1.47. The monoisotopic (exact) mass is 241 g/mol.